The molecule has 92 valence electrons. The third-order valence-electron chi connectivity index (χ3n) is 2.46. The van der Waals surface area contributed by atoms with Gasteiger partial charge in [-0.25, -0.2) is 9.78 Å². The number of nitrogens with zero attached hydrogens (tertiary/aromatic N) is 2. The predicted molar refractivity (Wildman–Crippen MR) is 65.2 cm³/mol. The van der Waals surface area contributed by atoms with Crippen molar-refractivity contribution in [1.82, 2.24) is 9.88 Å². The molecule has 1 N–H and O–H groups in total. The minimum absolute atomic E-state index is 0.309. The number of rotatable bonds is 4. The quantitative estimate of drug-likeness (QED) is 0.895. The normalized spacial score (nSPS) is 14.9. The van der Waals surface area contributed by atoms with Crippen LogP contribution in [0, 0.1) is 0 Å². The van der Waals surface area contributed by atoms with Crippen LogP contribution in [-0.4, -0.2) is 35.7 Å². The molecule has 0 bridgehead atoms. The second-order valence-corrected chi connectivity index (χ2v) is 4.10. The van der Waals surface area contributed by atoms with Gasteiger partial charge in [0, 0.05) is 6.54 Å². The highest BCUT2D eigenvalue weighted by Gasteiger charge is 2.23. The summed E-state index contributed by atoms with van der Waals surface area (Å²) < 4.78 is 4.86. The molecule has 0 spiro atoms. The summed E-state index contributed by atoms with van der Waals surface area (Å²) in [6.07, 6.45) is -0.309. The van der Waals surface area contributed by atoms with Crippen LogP contribution in [0.3, 0.4) is 0 Å². The van der Waals surface area contributed by atoms with E-state index in [1.807, 2.05) is 13.0 Å². The molecule has 0 atom stereocenters. The van der Waals surface area contributed by atoms with Crippen LogP contribution in [0.1, 0.15) is 12.6 Å². The number of carbonyl (C=O) groups is 1. The van der Waals surface area contributed by atoms with Crippen molar-refractivity contribution in [2.45, 2.75) is 13.5 Å². The Balaban J connectivity index is 2.13. The number of halogens is 1. The van der Waals surface area contributed by atoms with Crippen molar-refractivity contribution in [1.29, 1.82) is 0 Å². The van der Waals surface area contributed by atoms with E-state index in [0.29, 0.717) is 30.4 Å². The van der Waals surface area contributed by atoms with Crippen LogP contribution in [-0.2, 0) is 11.3 Å². The zero-order valence-electron chi connectivity index (χ0n) is 9.57. The monoisotopic (exact) mass is 255 g/mol. The minimum atomic E-state index is -0.309. The number of cyclic esters (lactones) is 1. The minimum Gasteiger partial charge on any atom is -0.448 e. The summed E-state index contributed by atoms with van der Waals surface area (Å²) in [6, 6.07) is 3.60. The van der Waals surface area contributed by atoms with Crippen molar-refractivity contribution in [2.75, 3.05) is 25.0 Å². The topological polar surface area (TPSA) is 54.5 Å². The molecule has 6 heteroatoms. The Labute approximate surface area is 105 Å². The molecule has 1 aromatic heterocycles. The van der Waals surface area contributed by atoms with E-state index in [2.05, 4.69) is 10.3 Å². The Hall–Kier alpha value is -1.49. The Morgan fingerprint density at radius 3 is 3.06 bits per heavy atom. The Kier molecular flexibility index (Phi) is 3.68. The number of hydrogen-bond donors (Lipinski definition) is 1. The van der Waals surface area contributed by atoms with Gasteiger partial charge < -0.3 is 10.1 Å². The van der Waals surface area contributed by atoms with Gasteiger partial charge in [-0.15, -0.1) is 0 Å². The van der Waals surface area contributed by atoms with Crippen LogP contribution in [0.25, 0.3) is 0 Å². The summed E-state index contributed by atoms with van der Waals surface area (Å²) in [5, 5.41) is 3.67. The predicted octanol–water partition coefficient (Wildman–Crippen LogP) is 2.12. The summed E-state index contributed by atoms with van der Waals surface area (Å²) in [5.74, 6) is 0.763. The first kappa shape index (κ1) is 12.0. The van der Waals surface area contributed by atoms with Gasteiger partial charge in [0.1, 0.15) is 12.4 Å². The van der Waals surface area contributed by atoms with Crippen molar-refractivity contribution in [2.24, 2.45) is 0 Å². The van der Waals surface area contributed by atoms with Gasteiger partial charge in [0.2, 0.25) is 0 Å². The smallest absolute Gasteiger partial charge is 0.410 e. The molecule has 0 aliphatic carbocycles. The highest BCUT2D eigenvalue weighted by molar-refractivity contribution is 6.31. The zero-order chi connectivity index (χ0) is 12.3. The Morgan fingerprint density at radius 2 is 2.41 bits per heavy atom. The van der Waals surface area contributed by atoms with Gasteiger partial charge in [-0.1, -0.05) is 11.6 Å². The molecule has 2 heterocycles. The van der Waals surface area contributed by atoms with Crippen molar-refractivity contribution in [3.63, 3.8) is 0 Å². The van der Waals surface area contributed by atoms with E-state index >= 15 is 0 Å². The Morgan fingerprint density at radius 1 is 1.59 bits per heavy atom. The van der Waals surface area contributed by atoms with E-state index in [-0.39, 0.29) is 6.09 Å². The summed E-state index contributed by atoms with van der Waals surface area (Å²) in [5.41, 5.74) is 0.684. The first-order valence-electron chi connectivity index (χ1n) is 5.51. The van der Waals surface area contributed by atoms with E-state index in [9.17, 15) is 4.79 Å². The number of hydrogen-bond acceptors (Lipinski definition) is 4. The van der Waals surface area contributed by atoms with Gasteiger partial charge in [-0.3, -0.25) is 4.90 Å². The van der Waals surface area contributed by atoms with Gasteiger partial charge in [0.05, 0.1) is 23.8 Å². The fourth-order valence-electron chi connectivity index (χ4n) is 1.62. The molecule has 1 saturated heterocycles. The molecule has 1 aliphatic rings. The largest absolute Gasteiger partial charge is 0.448 e. The number of anilines is 1. The third kappa shape index (κ3) is 2.79. The molecule has 0 saturated carbocycles. The number of ether oxygens (including phenoxy) is 1. The van der Waals surface area contributed by atoms with Gasteiger partial charge >= 0.3 is 6.09 Å². The van der Waals surface area contributed by atoms with Crippen molar-refractivity contribution in [3.8, 4) is 0 Å². The lowest BCUT2D eigenvalue weighted by Gasteiger charge is -2.14. The van der Waals surface area contributed by atoms with Crippen LogP contribution in [0.5, 0.6) is 0 Å². The van der Waals surface area contributed by atoms with Crippen LogP contribution < -0.4 is 5.32 Å². The van der Waals surface area contributed by atoms with Gasteiger partial charge in [-0.05, 0) is 19.1 Å². The highest BCUT2D eigenvalue weighted by Crippen LogP contribution is 2.19. The van der Waals surface area contributed by atoms with Gasteiger partial charge in [-0.2, -0.15) is 0 Å². The molecule has 1 aliphatic heterocycles. The number of amides is 1. The number of nitrogens with one attached hydrogen (secondary N) is 1. The van der Waals surface area contributed by atoms with Crippen molar-refractivity contribution >= 4 is 23.5 Å². The average molecular weight is 256 g/mol. The second kappa shape index (κ2) is 5.23. The molecule has 17 heavy (non-hydrogen) atoms. The molecular formula is C11H14ClN3O2. The van der Waals surface area contributed by atoms with Crippen molar-refractivity contribution < 1.29 is 9.53 Å². The maximum absolute atomic E-state index is 11.3. The van der Waals surface area contributed by atoms with Crippen LogP contribution >= 0.6 is 11.6 Å². The fourth-order valence-corrected chi connectivity index (χ4v) is 1.79. The molecule has 1 amide bonds. The van der Waals surface area contributed by atoms with Crippen molar-refractivity contribution in [3.05, 3.63) is 22.8 Å². The molecule has 0 radical (unpaired) electrons. The zero-order valence-corrected chi connectivity index (χ0v) is 10.3. The lowest BCUT2D eigenvalue weighted by molar-refractivity contribution is 0.157. The van der Waals surface area contributed by atoms with Gasteiger partial charge in [0.15, 0.2) is 0 Å². The third-order valence-corrected chi connectivity index (χ3v) is 2.81. The number of carbonyl (C=O) groups excluding carboxylic acids is 1. The molecule has 0 unspecified atom stereocenters. The molecule has 5 nitrogen and oxygen atoms in total. The first-order valence-corrected chi connectivity index (χ1v) is 5.89. The summed E-state index contributed by atoms with van der Waals surface area (Å²) >= 11 is 6.05. The van der Waals surface area contributed by atoms with Gasteiger partial charge in [0.25, 0.3) is 0 Å². The standard InChI is InChI=1S/C11H14ClN3O2/c1-2-13-10-4-3-8(12)9(14-10)7-15-5-6-17-11(15)16/h3-4H,2,5-7H2,1H3,(H,13,14). The summed E-state index contributed by atoms with van der Waals surface area (Å²) in [4.78, 5) is 17.3. The SMILES string of the molecule is CCNc1ccc(Cl)c(CN2CCOC2=O)n1. The van der Waals surface area contributed by atoms with Crippen LogP contribution in [0.15, 0.2) is 12.1 Å². The van der Waals surface area contributed by atoms with E-state index in [1.165, 1.54) is 0 Å². The lowest BCUT2D eigenvalue weighted by Crippen LogP contribution is -2.24. The maximum atomic E-state index is 11.3. The number of aromatic nitrogens is 1. The Bertz CT molecular complexity index is 425. The molecule has 0 aromatic carbocycles. The van der Waals surface area contributed by atoms with E-state index in [1.54, 1.807) is 11.0 Å². The maximum Gasteiger partial charge on any atom is 0.410 e. The fraction of sp³-hybridized carbons (Fsp3) is 0.455. The van der Waals surface area contributed by atoms with Crippen LogP contribution in [0.2, 0.25) is 5.02 Å². The molecule has 1 aromatic rings. The first-order chi connectivity index (χ1) is 8.20. The lowest BCUT2D eigenvalue weighted by atomic mass is 10.3. The van der Waals surface area contributed by atoms with E-state index in [0.717, 1.165) is 12.4 Å². The summed E-state index contributed by atoms with van der Waals surface area (Å²) in [6.45, 7) is 4.19. The number of pyridine rings is 1. The molecule has 1 fully saturated rings. The molecular weight excluding hydrogens is 242 g/mol. The van der Waals surface area contributed by atoms with Crippen LogP contribution in [0.4, 0.5) is 10.6 Å². The second-order valence-electron chi connectivity index (χ2n) is 3.69. The summed E-state index contributed by atoms with van der Waals surface area (Å²) in [7, 11) is 0. The molecule has 2 rings (SSSR count). The van der Waals surface area contributed by atoms with E-state index < -0.39 is 0 Å². The average Bonchev–Trinajstić information content (AvgIpc) is 2.70. The highest BCUT2D eigenvalue weighted by atomic mass is 35.5. The van der Waals surface area contributed by atoms with E-state index in [4.69, 9.17) is 16.3 Å².